The quantitative estimate of drug-likeness (QED) is 0.483. The lowest BCUT2D eigenvalue weighted by Crippen LogP contribution is -2.27. The summed E-state index contributed by atoms with van der Waals surface area (Å²) in [5.41, 5.74) is 3.40. The number of nitrogens with zero attached hydrogens (tertiary/aromatic N) is 6. The van der Waals surface area contributed by atoms with Gasteiger partial charge < -0.3 is 9.52 Å². The van der Waals surface area contributed by atoms with Crippen molar-refractivity contribution in [2.75, 3.05) is 11.4 Å². The maximum Gasteiger partial charge on any atom is 0.323 e. The minimum absolute atomic E-state index is 0.211. The van der Waals surface area contributed by atoms with Crippen LogP contribution in [0.25, 0.3) is 17.1 Å². The molecule has 0 saturated carbocycles. The van der Waals surface area contributed by atoms with E-state index in [1.165, 1.54) is 0 Å². The molecule has 9 heteroatoms. The van der Waals surface area contributed by atoms with Crippen molar-refractivity contribution in [1.29, 1.82) is 5.26 Å². The molecule has 8 nitrogen and oxygen atoms in total. The van der Waals surface area contributed by atoms with Gasteiger partial charge in [-0.05, 0) is 61.9 Å². The lowest BCUT2D eigenvalue weighted by atomic mass is 10.1. The highest BCUT2D eigenvalue weighted by atomic mass is 35.5. The molecule has 156 valence electrons. The summed E-state index contributed by atoms with van der Waals surface area (Å²) in [6, 6.07) is 15.1. The number of hydrogen-bond acceptors (Lipinski definition) is 7. The van der Waals surface area contributed by atoms with Crippen LogP contribution in [0.2, 0.25) is 5.02 Å². The van der Waals surface area contributed by atoms with Crippen LogP contribution < -0.4 is 4.90 Å². The Morgan fingerprint density at radius 1 is 1.23 bits per heavy atom. The monoisotopic (exact) mass is 434 g/mol. The first kappa shape index (κ1) is 20.6. The summed E-state index contributed by atoms with van der Waals surface area (Å²) in [5, 5.41) is 32.1. The Morgan fingerprint density at radius 2 is 2.00 bits per heavy atom. The van der Waals surface area contributed by atoms with Gasteiger partial charge in [-0.15, -0.1) is 5.10 Å². The van der Waals surface area contributed by atoms with E-state index in [-0.39, 0.29) is 12.6 Å². The number of anilines is 2. The second-order valence-corrected chi connectivity index (χ2v) is 7.41. The lowest BCUT2D eigenvalue weighted by molar-refractivity contribution is 0.201. The minimum atomic E-state index is -0.669. The molecule has 4 rings (SSSR count). The van der Waals surface area contributed by atoms with Gasteiger partial charge in [0.25, 0.3) is 0 Å². The zero-order valence-electron chi connectivity index (χ0n) is 16.9. The van der Waals surface area contributed by atoms with Crippen LogP contribution in [0.1, 0.15) is 18.1 Å². The zero-order chi connectivity index (χ0) is 22.0. The van der Waals surface area contributed by atoms with E-state index in [0.717, 1.165) is 11.3 Å². The maximum absolute atomic E-state index is 10.0. The molecule has 2 aromatic heterocycles. The number of halogens is 1. The van der Waals surface area contributed by atoms with Gasteiger partial charge in [0.15, 0.2) is 0 Å². The predicted molar refractivity (Wildman–Crippen MR) is 116 cm³/mol. The molecule has 1 N–H and O–H groups in total. The fraction of sp³-hybridized carbons (Fsp3) is 0.182. The minimum Gasteiger partial charge on any atom is -0.403 e. The van der Waals surface area contributed by atoms with E-state index in [0.29, 0.717) is 27.7 Å². The normalized spacial score (nSPS) is 11.8. The van der Waals surface area contributed by atoms with Gasteiger partial charge in [0.2, 0.25) is 5.89 Å². The molecule has 0 saturated heterocycles. The fourth-order valence-corrected chi connectivity index (χ4v) is 3.42. The smallest absolute Gasteiger partial charge is 0.323 e. The highest BCUT2D eigenvalue weighted by Gasteiger charge is 2.22. The van der Waals surface area contributed by atoms with Crippen LogP contribution in [-0.4, -0.2) is 37.7 Å². The third kappa shape index (κ3) is 4.14. The maximum atomic E-state index is 10.0. The number of rotatable bonds is 6. The van der Waals surface area contributed by atoms with Crippen molar-refractivity contribution in [2.24, 2.45) is 0 Å². The SMILES string of the molecule is Cc1c(N(C[C@H](C)O)c2nnc(-c3ccc(-n4cccn4)cc3)o2)ccc(C#N)c1Cl. The molecule has 31 heavy (non-hydrogen) atoms. The van der Waals surface area contributed by atoms with Crippen molar-refractivity contribution < 1.29 is 9.52 Å². The van der Waals surface area contributed by atoms with Crippen molar-refractivity contribution in [1.82, 2.24) is 20.0 Å². The third-order valence-electron chi connectivity index (χ3n) is 4.74. The van der Waals surface area contributed by atoms with Crippen LogP contribution in [0.15, 0.2) is 59.3 Å². The van der Waals surface area contributed by atoms with E-state index in [1.807, 2.05) is 36.5 Å². The molecule has 0 aliphatic heterocycles. The summed E-state index contributed by atoms with van der Waals surface area (Å²) in [6.45, 7) is 3.68. The molecule has 0 aliphatic carbocycles. The average molecular weight is 435 g/mol. The van der Waals surface area contributed by atoms with Crippen LogP contribution in [0, 0.1) is 18.3 Å². The number of aromatic nitrogens is 4. The van der Waals surface area contributed by atoms with Crippen LogP contribution in [0.3, 0.4) is 0 Å². The molecule has 2 heterocycles. The molecule has 0 fully saturated rings. The molecular weight excluding hydrogens is 416 g/mol. The van der Waals surface area contributed by atoms with Crippen molar-refractivity contribution in [3.8, 4) is 23.2 Å². The standard InChI is InChI=1S/C22H19ClN6O2/c1-14(30)13-28(19-9-6-17(12-24)20(23)15(19)2)22-27-26-21(31-22)16-4-7-18(8-5-16)29-11-3-10-25-29/h3-11,14,30H,13H2,1-2H3/t14-/m0/s1. The summed E-state index contributed by atoms with van der Waals surface area (Å²) < 4.78 is 7.69. The van der Waals surface area contributed by atoms with Gasteiger partial charge in [-0.25, -0.2) is 4.68 Å². The van der Waals surface area contributed by atoms with Gasteiger partial charge in [0, 0.05) is 23.6 Å². The summed E-state index contributed by atoms with van der Waals surface area (Å²) in [6.07, 6.45) is 2.91. The van der Waals surface area contributed by atoms with E-state index in [9.17, 15) is 10.4 Å². The first-order valence-corrected chi connectivity index (χ1v) is 9.94. The van der Waals surface area contributed by atoms with E-state index in [2.05, 4.69) is 21.4 Å². The van der Waals surface area contributed by atoms with Crippen molar-refractivity contribution in [3.63, 3.8) is 0 Å². The molecule has 0 radical (unpaired) electrons. The van der Waals surface area contributed by atoms with Gasteiger partial charge in [-0.1, -0.05) is 16.7 Å². The molecule has 0 amide bonds. The highest BCUT2D eigenvalue weighted by Crippen LogP contribution is 2.34. The lowest BCUT2D eigenvalue weighted by Gasteiger charge is -2.24. The Bertz CT molecular complexity index is 1230. The number of hydrogen-bond donors (Lipinski definition) is 1. The van der Waals surface area contributed by atoms with Gasteiger partial charge in [0.05, 0.1) is 28.9 Å². The molecule has 0 spiro atoms. The summed E-state index contributed by atoms with van der Waals surface area (Å²) >= 11 is 6.34. The fourth-order valence-electron chi connectivity index (χ4n) is 3.22. The second kappa shape index (κ2) is 8.60. The molecule has 4 aromatic rings. The molecule has 0 aliphatic rings. The highest BCUT2D eigenvalue weighted by molar-refractivity contribution is 6.32. The number of aliphatic hydroxyl groups excluding tert-OH is 1. The first-order valence-electron chi connectivity index (χ1n) is 9.56. The van der Waals surface area contributed by atoms with Gasteiger partial charge in [-0.3, -0.25) is 4.90 Å². The Labute approximate surface area is 183 Å². The predicted octanol–water partition coefficient (Wildman–Crippen LogP) is 4.27. The topological polar surface area (TPSA) is 104 Å². The third-order valence-corrected chi connectivity index (χ3v) is 5.23. The average Bonchev–Trinajstić information content (AvgIpc) is 3.47. The van der Waals surface area contributed by atoms with E-state index in [1.54, 1.807) is 41.8 Å². The first-order chi connectivity index (χ1) is 15.0. The Morgan fingerprint density at radius 3 is 2.65 bits per heavy atom. The molecular formula is C22H19ClN6O2. The molecule has 2 aromatic carbocycles. The van der Waals surface area contributed by atoms with E-state index < -0.39 is 6.10 Å². The Hall–Kier alpha value is -3.67. The Kier molecular flexibility index (Phi) is 5.71. The van der Waals surface area contributed by atoms with Crippen molar-refractivity contribution in [3.05, 3.63) is 71.0 Å². The van der Waals surface area contributed by atoms with Crippen LogP contribution >= 0.6 is 11.6 Å². The van der Waals surface area contributed by atoms with Crippen molar-refractivity contribution >= 4 is 23.3 Å². The van der Waals surface area contributed by atoms with Crippen LogP contribution in [0.4, 0.5) is 11.7 Å². The van der Waals surface area contributed by atoms with Crippen molar-refractivity contribution in [2.45, 2.75) is 20.0 Å². The van der Waals surface area contributed by atoms with Crippen LogP contribution in [0.5, 0.6) is 0 Å². The summed E-state index contributed by atoms with van der Waals surface area (Å²) in [4.78, 5) is 1.70. The van der Waals surface area contributed by atoms with E-state index in [4.69, 9.17) is 16.0 Å². The largest absolute Gasteiger partial charge is 0.403 e. The van der Waals surface area contributed by atoms with Gasteiger partial charge >= 0.3 is 6.01 Å². The number of nitriles is 1. The second-order valence-electron chi connectivity index (χ2n) is 7.03. The number of aliphatic hydroxyl groups is 1. The molecule has 1 atom stereocenters. The Balaban J connectivity index is 1.68. The van der Waals surface area contributed by atoms with Crippen LogP contribution in [-0.2, 0) is 0 Å². The zero-order valence-corrected chi connectivity index (χ0v) is 17.7. The van der Waals surface area contributed by atoms with E-state index >= 15 is 0 Å². The van der Waals surface area contributed by atoms with Gasteiger partial charge in [-0.2, -0.15) is 10.4 Å². The molecule has 0 unspecified atom stereocenters. The summed E-state index contributed by atoms with van der Waals surface area (Å²) in [5.74, 6) is 0.343. The van der Waals surface area contributed by atoms with Gasteiger partial charge in [0.1, 0.15) is 6.07 Å². The molecule has 0 bridgehead atoms. The summed E-state index contributed by atoms with van der Waals surface area (Å²) in [7, 11) is 0. The number of benzene rings is 2.